The van der Waals surface area contributed by atoms with Crippen molar-refractivity contribution in [2.45, 2.75) is 17.9 Å². The number of para-hydroxylation sites is 2. The minimum absolute atomic E-state index is 0.00611. The van der Waals surface area contributed by atoms with Crippen LogP contribution in [0.3, 0.4) is 0 Å². The number of rotatable bonds is 3. The van der Waals surface area contributed by atoms with E-state index in [2.05, 4.69) is 6.07 Å². The lowest BCUT2D eigenvalue weighted by molar-refractivity contribution is -0.124. The van der Waals surface area contributed by atoms with Gasteiger partial charge in [0, 0.05) is 17.2 Å². The Labute approximate surface area is 128 Å². The van der Waals surface area contributed by atoms with Gasteiger partial charge in [-0.05, 0) is 31.2 Å². The average molecular weight is 299 g/mol. The Balaban J connectivity index is 1.77. The number of hydrogen-bond acceptors (Lipinski definition) is 3. The molecule has 2 aromatic carbocycles. The molecule has 0 N–H and O–H groups in total. The minimum atomic E-state index is -0.497. The molecule has 108 valence electrons. The maximum atomic E-state index is 12.7. The Morgan fingerprint density at radius 3 is 2.67 bits per heavy atom. The Hall–Kier alpha value is -1.94. The van der Waals surface area contributed by atoms with Gasteiger partial charge >= 0.3 is 0 Å². The van der Waals surface area contributed by atoms with Gasteiger partial charge in [-0.25, -0.2) is 0 Å². The van der Waals surface area contributed by atoms with Gasteiger partial charge in [0.2, 0.25) is 0 Å². The van der Waals surface area contributed by atoms with Crippen LogP contribution < -0.4 is 9.64 Å². The minimum Gasteiger partial charge on any atom is -0.481 e. The van der Waals surface area contributed by atoms with E-state index in [1.54, 1.807) is 18.7 Å². The smallest absolute Gasteiger partial charge is 0.267 e. The zero-order valence-electron chi connectivity index (χ0n) is 11.9. The van der Waals surface area contributed by atoms with Crippen molar-refractivity contribution in [1.82, 2.24) is 0 Å². The number of nitrogens with zero attached hydrogens (tertiary/aromatic N) is 1. The van der Waals surface area contributed by atoms with Crippen LogP contribution in [-0.2, 0) is 4.79 Å². The number of fused-ring (bicyclic) bond motifs is 1. The van der Waals surface area contributed by atoms with Crippen LogP contribution >= 0.6 is 11.8 Å². The normalized spacial score (nSPS) is 15.2. The quantitative estimate of drug-likeness (QED) is 0.867. The van der Waals surface area contributed by atoms with Gasteiger partial charge in [-0.2, -0.15) is 0 Å². The highest BCUT2D eigenvalue weighted by atomic mass is 32.2. The molecule has 1 aliphatic rings. The summed E-state index contributed by atoms with van der Waals surface area (Å²) < 4.78 is 5.75. The van der Waals surface area contributed by atoms with Gasteiger partial charge in [0.05, 0.1) is 5.69 Å². The molecule has 1 aliphatic heterocycles. The molecule has 1 atom stereocenters. The summed E-state index contributed by atoms with van der Waals surface area (Å²) in [6.45, 7) is 2.53. The highest BCUT2D eigenvalue weighted by Crippen LogP contribution is 2.34. The lowest BCUT2D eigenvalue weighted by Gasteiger charge is -2.31. The van der Waals surface area contributed by atoms with Gasteiger partial charge in [-0.15, -0.1) is 11.8 Å². The number of anilines is 1. The van der Waals surface area contributed by atoms with E-state index in [1.165, 1.54) is 0 Å². The first kappa shape index (κ1) is 14.0. The fraction of sp³-hybridized carbons (Fsp3) is 0.235. The van der Waals surface area contributed by atoms with Gasteiger partial charge in [-0.3, -0.25) is 4.79 Å². The summed E-state index contributed by atoms with van der Waals surface area (Å²) in [6, 6.07) is 17.5. The summed E-state index contributed by atoms with van der Waals surface area (Å²) >= 11 is 1.79. The molecule has 3 rings (SSSR count). The molecule has 4 heteroatoms. The summed E-state index contributed by atoms with van der Waals surface area (Å²) in [5.74, 6) is 1.64. The van der Waals surface area contributed by atoms with E-state index < -0.39 is 6.10 Å². The lowest BCUT2D eigenvalue weighted by atomic mass is 10.2. The molecule has 0 fully saturated rings. The number of hydrogen-bond donors (Lipinski definition) is 0. The number of amides is 1. The number of thioether (sulfide) groups is 1. The van der Waals surface area contributed by atoms with Crippen LogP contribution in [0, 0.1) is 0 Å². The van der Waals surface area contributed by atoms with Crippen molar-refractivity contribution in [2.75, 3.05) is 17.2 Å². The van der Waals surface area contributed by atoms with Crippen molar-refractivity contribution < 1.29 is 9.53 Å². The molecule has 3 nitrogen and oxygen atoms in total. The predicted molar refractivity (Wildman–Crippen MR) is 86.1 cm³/mol. The fourth-order valence-electron chi connectivity index (χ4n) is 2.37. The summed E-state index contributed by atoms with van der Waals surface area (Å²) in [6.07, 6.45) is -0.497. The predicted octanol–water partition coefficient (Wildman–Crippen LogP) is 3.59. The number of carbonyl (C=O) groups excluding carboxylic acids is 1. The zero-order valence-corrected chi connectivity index (χ0v) is 12.7. The van der Waals surface area contributed by atoms with Gasteiger partial charge < -0.3 is 9.64 Å². The van der Waals surface area contributed by atoms with Gasteiger partial charge in [0.25, 0.3) is 5.91 Å². The molecule has 21 heavy (non-hydrogen) atoms. The number of benzene rings is 2. The summed E-state index contributed by atoms with van der Waals surface area (Å²) in [5, 5.41) is 0. The van der Waals surface area contributed by atoms with E-state index in [0.29, 0.717) is 0 Å². The first-order valence-electron chi connectivity index (χ1n) is 7.00. The molecule has 0 saturated carbocycles. The third-order valence-electron chi connectivity index (χ3n) is 3.40. The van der Waals surface area contributed by atoms with E-state index in [4.69, 9.17) is 4.74 Å². The zero-order chi connectivity index (χ0) is 14.7. The Morgan fingerprint density at radius 2 is 1.86 bits per heavy atom. The van der Waals surface area contributed by atoms with E-state index in [1.807, 2.05) is 53.4 Å². The van der Waals surface area contributed by atoms with Crippen LogP contribution in [0.15, 0.2) is 59.5 Å². The van der Waals surface area contributed by atoms with Crippen molar-refractivity contribution in [3.63, 3.8) is 0 Å². The van der Waals surface area contributed by atoms with Crippen molar-refractivity contribution >= 4 is 23.4 Å². The molecule has 0 radical (unpaired) electrons. The van der Waals surface area contributed by atoms with Gasteiger partial charge in [0.15, 0.2) is 6.10 Å². The summed E-state index contributed by atoms with van der Waals surface area (Å²) in [7, 11) is 0. The second-order valence-electron chi connectivity index (χ2n) is 4.88. The van der Waals surface area contributed by atoms with Crippen LogP contribution in [0.5, 0.6) is 5.75 Å². The van der Waals surface area contributed by atoms with Crippen LogP contribution in [0.25, 0.3) is 0 Å². The monoisotopic (exact) mass is 299 g/mol. The fourth-order valence-corrected chi connectivity index (χ4v) is 3.37. The third-order valence-corrected chi connectivity index (χ3v) is 4.44. The molecule has 0 bridgehead atoms. The molecule has 2 aromatic rings. The summed E-state index contributed by atoms with van der Waals surface area (Å²) in [4.78, 5) is 15.6. The van der Waals surface area contributed by atoms with E-state index >= 15 is 0 Å². The summed E-state index contributed by atoms with van der Waals surface area (Å²) in [5.41, 5.74) is 0.988. The first-order valence-corrected chi connectivity index (χ1v) is 7.99. The molecular weight excluding hydrogens is 282 g/mol. The molecule has 0 unspecified atom stereocenters. The van der Waals surface area contributed by atoms with Crippen molar-refractivity contribution in [2.24, 2.45) is 0 Å². The molecule has 0 aliphatic carbocycles. The lowest BCUT2D eigenvalue weighted by Crippen LogP contribution is -2.43. The number of carbonyl (C=O) groups is 1. The van der Waals surface area contributed by atoms with Crippen molar-refractivity contribution in [3.05, 3.63) is 54.6 Å². The van der Waals surface area contributed by atoms with Crippen LogP contribution in [0.4, 0.5) is 5.69 Å². The van der Waals surface area contributed by atoms with E-state index in [9.17, 15) is 4.79 Å². The largest absolute Gasteiger partial charge is 0.481 e. The van der Waals surface area contributed by atoms with Crippen molar-refractivity contribution in [1.29, 1.82) is 0 Å². The van der Waals surface area contributed by atoms with Crippen LogP contribution in [0.1, 0.15) is 6.92 Å². The molecule has 0 spiro atoms. The van der Waals surface area contributed by atoms with Crippen molar-refractivity contribution in [3.8, 4) is 5.75 Å². The first-order chi connectivity index (χ1) is 10.3. The second kappa shape index (κ2) is 6.22. The average Bonchev–Trinajstić information content (AvgIpc) is 2.54. The molecular formula is C17H17NO2S. The van der Waals surface area contributed by atoms with Gasteiger partial charge in [0.1, 0.15) is 5.75 Å². The van der Waals surface area contributed by atoms with Gasteiger partial charge in [-0.1, -0.05) is 30.3 Å². The molecule has 0 aromatic heterocycles. The Morgan fingerprint density at radius 1 is 1.14 bits per heavy atom. The maximum absolute atomic E-state index is 12.7. The topological polar surface area (TPSA) is 29.5 Å². The Kier molecular flexibility index (Phi) is 4.15. The third kappa shape index (κ3) is 3.05. The molecule has 1 amide bonds. The maximum Gasteiger partial charge on any atom is 0.267 e. The van der Waals surface area contributed by atoms with Crippen LogP contribution in [0.2, 0.25) is 0 Å². The highest BCUT2D eigenvalue weighted by Gasteiger charge is 2.27. The second-order valence-corrected chi connectivity index (χ2v) is 6.02. The standard InChI is InChI=1S/C17H17NO2S/c1-13(20-14-7-3-2-4-8-14)17(19)18-11-12-21-16-10-6-5-9-15(16)18/h2-10,13H,11-12H2,1H3/t13-/m0/s1. The van der Waals surface area contributed by atoms with Crippen LogP contribution in [-0.4, -0.2) is 24.3 Å². The Bertz CT molecular complexity index is 630. The highest BCUT2D eigenvalue weighted by molar-refractivity contribution is 7.99. The number of ether oxygens (including phenoxy) is 1. The van der Waals surface area contributed by atoms with E-state index in [0.717, 1.165) is 28.6 Å². The molecule has 0 saturated heterocycles. The van der Waals surface area contributed by atoms with E-state index in [-0.39, 0.29) is 5.91 Å². The SMILES string of the molecule is C[C@H](Oc1ccccc1)C(=O)N1CCSc2ccccc21. The molecule has 1 heterocycles.